The first-order chi connectivity index (χ1) is 11.1. The van der Waals surface area contributed by atoms with Gasteiger partial charge in [-0.1, -0.05) is 29.8 Å². The van der Waals surface area contributed by atoms with Crippen LogP contribution < -0.4 is 10.6 Å². The van der Waals surface area contributed by atoms with Gasteiger partial charge in [0.15, 0.2) is 5.96 Å². The molecule has 1 heterocycles. The quantitative estimate of drug-likeness (QED) is 0.398. The first kappa shape index (κ1) is 21.5. The Kier molecular flexibility index (Phi) is 9.95. The van der Waals surface area contributed by atoms with E-state index in [1.807, 2.05) is 24.3 Å². The van der Waals surface area contributed by atoms with Crippen LogP contribution in [0.3, 0.4) is 0 Å². The highest BCUT2D eigenvalue weighted by molar-refractivity contribution is 14.0. The van der Waals surface area contributed by atoms with Crippen LogP contribution in [0.2, 0.25) is 5.02 Å². The lowest BCUT2D eigenvalue weighted by Crippen LogP contribution is -2.52. The maximum Gasteiger partial charge on any atom is 0.191 e. The topological polar surface area (TPSA) is 42.9 Å². The highest BCUT2D eigenvalue weighted by Gasteiger charge is 2.19. The lowest BCUT2D eigenvalue weighted by Gasteiger charge is -2.36. The van der Waals surface area contributed by atoms with Gasteiger partial charge >= 0.3 is 0 Å². The molecule has 1 unspecified atom stereocenters. The molecule has 0 spiro atoms. The number of aliphatic imine (C=N–C) groups is 1. The summed E-state index contributed by atoms with van der Waals surface area (Å²) in [5, 5.41) is 7.51. The fraction of sp³-hybridized carbons (Fsp3) is 0.588. The second kappa shape index (κ2) is 11.1. The van der Waals surface area contributed by atoms with Crippen LogP contribution in [0.25, 0.3) is 0 Å². The van der Waals surface area contributed by atoms with E-state index in [4.69, 9.17) is 11.6 Å². The zero-order chi connectivity index (χ0) is 16.7. The third-order valence-electron chi connectivity index (χ3n) is 4.35. The molecule has 5 nitrogen and oxygen atoms in total. The summed E-state index contributed by atoms with van der Waals surface area (Å²) in [7, 11) is 3.98. The summed E-state index contributed by atoms with van der Waals surface area (Å²) in [6.07, 6.45) is 0. The molecule has 0 aliphatic carbocycles. The first-order valence-corrected chi connectivity index (χ1v) is 8.58. The summed E-state index contributed by atoms with van der Waals surface area (Å²) in [6, 6.07) is 8.35. The average molecular weight is 466 g/mol. The van der Waals surface area contributed by atoms with Crippen LogP contribution in [0.5, 0.6) is 0 Å². The van der Waals surface area contributed by atoms with Crippen molar-refractivity contribution in [1.82, 2.24) is 20.4 Å². The number of guanidine groups is 1. The molecule has 1 aliphatic rings. The standard InChI is InChI=1S/C17H28ClN5.HI/c1-14(23-10-8-22(3)9-11-23)12-20-17(19-2)21-13-15-6-4-5-7-16(15)18;/h4-7,14H,8-13H2,1-3H3,(H2,19,20,21);1H. The van der Waals surface area contributed by atoms with E-state index in [0.717, 1.165) is 49.3 Å². The summed E-state index contributed by atoms with van der Waals surface area (Å²) < 4.78 is 0. The zero-order valence-corrected chi connectivity index (χ0v) is 17.8. The van der Waals surface area contributed by atoms with Gasteiger partial charge in [0.1, 0.15) is 0 Å². The smallest absolute Gasteiger partial charge is 0.191 e. The van der Waals surface area contributed by atoms with E-state index >= 15 is 0 Å². The number of hydrogen-bond donors (Lipinski definition) is 2. The number of likely N-dealkylation sites (N-methyl/N-ethyl adjacent to an activating group) is 1. The Hall–Kier alpha value is -0.570. The van der Waals surface area contributed by atoms with Gasteiger partial charge in [0.25, 0.3) is 0 Å². The average Bonchev–Trinajstić information content (AvgIpc) is 2.57. The van der Waals surface area contributed by atoms with Crippen LogP contribution in [0, 0.1) is 0 Å². The van der Waals surface area contributed by atoms with E-state index in [1.165, 1.54) is 0 Å². The van der Waals surface area contributed by atoms with E-state index < -0.39 is 0 Å². The summed E-state index contributed by atoms with van der Waals surface area (Å²) in [4.78, 5) is 9.18. The number of nitrogens with one attached hydrogen (secondary N) is 2. The molecule has 1 aromatic rings. The molecule has 1 atom stereocenters. The highest BCUT2D eigenvalue weighted by Crippen LogP contribution is 2.14. The SMILES string of the molecule is CN=C(NCc1ccccc1Cl)NCC(C)N1CCN(C)CC1.I. The molecular weight excluding hydrogens is 437 g/mol. The van der Waals surface area contributed by atoms with E-state index in [-0.39, 0.29) is 24.0 Å². The number of piperazine rings is 1. The predicted octanol–water partition coefficient (Wildman–Crippen LogP) is 2.26. The lowest BCUT2D eigenvalue weighted by atomic mass is 10.2. The Morgan fingerprint density at radius 2 is 1.88 bits per heavy atom. The second-order valence-electron chi connectivity index (χ2n) is 6.09. The molecule has 7 heteroatoms. The van der Waals surface area contributed by atoms with E-state index in [9.17, 15) is 0 Å². The third-order valence-corrected chi connectivity index (χ3v) is 4.72. The Morgan fingerprint density at radius 1 is 1.21 bits per heavy atom. The summed E-state index contributed by atoms with van der Waals surface area (Å²) in [6.45, 7) is 8.36. The number of halogens is 2. The van der Waals surface area contributed by atoms with E-state index in [0.29, 0.717) is 12.6 Å². The van der Waals surface area contributed by atoms with Crippen molar-refractivity contribution in [3.8, 4) is 0 Å². The maximum atomic E-state index is 6.18. The van der Waals surface area contributed by atoms with Gasteiger partial charge in [0.05, 0.1) is 0 Å². The minimum Gasteiger partial charge on any atom is -0.355 e. The monoisotopic (exact) mass is 465 g/mol. The van der Waals surface area contributed by atoms with Crippen molar-refractivity contribution in [2.45, 2.75) is 19.5 Å². The predicted molar refractivity (Wildman–Crippen MR) is 114 cm³/mol. The van der Waals surface area contributed by atoms with Gasteiger partial charge in [0.2, 0.25) is 0 Å². The van der Waals surface area contributed by atoms with Crippen molar-refractivity contribution in [3.05, 3.63) is 34.9 Å². The Bertz CT molecular complexity index is 517. The molecular formula is C17H29ClIN5. The van der Waals surface area contributed by atoms with Crippen LogP contribution >= 0.6 is 35.6 Å². The Labute approximate surface area is 167 Å². The Balaban J connectivity index is 0.00000288. The van der Waals surface area contributed by atoms with Crippen LogP contribution in [-0.2, 0) is 6.54 Å². The summed E-state index contributed by atoms with van der Waals surface area (Å²) in [5.74, 6) is 0.811. The van der Waals surface area contributed by atoms with Crippen LogP contribution in [0.15, 0.2) is 29.3 Å². The van der Waals surface area contributed by atoms with Gasteiger partial charge in [-0.05, 0) is 25.6 Å². The third kappa shape index (κ3) is 6.74. The summed E-state index contributed by atoms with van der Waals surface area (Å²) >= 11 is 6.18. The number of hydrogen-bond acceptors (Lipinski definition) is 3. The molecule has 1 aliphatic heterocycles. The highest BCUT2D eigenvalue weighted by atomic mass is 127. The van der Waals surface area contributed by atoms with E-state index in [1.54, 1.807) is 7.05 Å². The van der Waals surface area contributed by atoms with Crippen molar-refractivity contribution in [2.75, 3.05) is 46.8 Å². The van der Waals surface area contributed by atoms with Crippen LogP contribution in [0.1, 0.15) is 12.5 Å². The summed E-state index contributed by atoms with van der Waals surface area (Å²) in [5.41, 5.74) is 1.07. The minimum atomic E-state index is 0. The van der Waals surface area contributed by atoms with Gasteiger partial charge in [-0.3, -0.25) is 9.89 Å². The molecule has 0 aromatic heterocycles. The van der Waals surface area contributed by atoms with Crippen LogP contribution in [0.4, 0.5) is 0 Å². The van der Waals surface area contributed by atoms with E-state index in [2.05, 4.69) is 39.4 Å². The van der Waals surface area contributed by atoms with Crippen LogP contribution in [-0.4, -0.2) is 68.6 Å². The van der Waals surface area contributed by atoms with Crippen molar-refractivity contribution in [1.29, 1.82) is 0 Å². The molecule has 0 saturated carbocycles. The molecule has 0 bridgehead atoms. The molecule has 1 aromatic carbocycles. The number of rotatable bonds is 5. The molecule has 1 saturated heterocycles. The molecule has 0 amide bonds. The van der Waals surface area contributed by atoms with Gasteiger partial charge in [0, 0.05) is 57.4 Å². The normalized spacial score (nSPS) is 17.9. The van der Waals surface area contributed by atoms with Gasteiger partial charge in [-0.2, -0.15) is 0 Å². The van der Waals surface area contributed by atoms with Crippen molar-refractivity contribution in [3.63, 3.8) is 0 Å². The fourth-order valence-corrected chi connectivity index (χ4v) is 2.88. The van der Waals surface area contributed by atoms with Crippen molar-refractivity contribution in [2.24, 2.45) is 4.99 Å². The fourth-order valence-electron chi connectivity index (χ4n) is 2.68. The van der Waals surface area contributed by atoms with Crippen molar-refractivity contribution >= 4 is 41.5 Å². The largest absolute Gasteiger partial charge is 0.355 e. The van der Waals surface area contributed by atoms with Crippen molar-refractivity contribution < 1.29 is 0 Å². The van der Waals surface area contributed by atoms with Gasteiger partial charge < -0.3 is 15.5 Å². The molecule has 1 fully saturated rings. The van der Waals surface area contributed by atoms with Gasteiger partial charge in [-0.25, -0.2) is 0 Å². The molecule has 0 radical (unpaired) electrons. The molecule has 2 rings (SSSR count). The maximum absolute atomic E-state index is 6.18. The molecule has 136 valence electrons. The molecule has 24 heavy (non-hydrogen) atoms. The lowest BCUT2D eigenvalue weighted by molar-refractivity contribution is 0.120. The number of nitrogens with zero attached hydrogens (tertiary/aromatic N) is 3. The Morgan fingerprint density at radius 3 is 2.50 bits per heavy atom. The van der Waals surface area contributed by atoms with Gasteiger partial charge in [-0.15, -0.1) is 24.0 Å². The number of benzene rings is 1. The molecule has 2 N–H and O–H groups in total. The first-order valence-electron chi connectivity index (χ1n) is 8.20. The zero-order valence-electron chi connectivity index (χ0n) is 14.8. The minimum absolute atomic E-state index is 0. The second-order valence-corrected chi connectivity index (χ2v) is 6.49.